The minimum atomic E-state index is -3.07. The highest BCUT2D eigenvalue weighted by atomic mass is 32.2. The molecule has 2 heterocycles. The summed E-state index contributed by atoms with van der Waals surface area (Å²) in [5.41, 5.74) is 4.58. The minimum absolute atomic E-state index is 0.0377. The Labute approximate surface area is 210 Å². The van der Waals surface area contributed by atoms with Crippen molar-refractivity contribution in [2.24, 2.45) is 4.99 Å². The fourth-order valence-electron chi connectivity index (χ4n) is 4.54. The summed E-state index contributed by atoms with van der Waals surface area (Å²) in [5, 5.41) is 5.70. The summed E-state index contributed by atoms with van der Waals surface area (Å²) in [4.78, 5) is 33.4. The molecule has 1 saturated heterocycles. The SMILES string of the molecule is Cc1cccc(N2CCS(=O)(=O)CC2)c1C(=O)N[C@H]1N=C(c2ccccc2)c2ccccc2NC1=O. The van der Waals surface area contributed by atoms with Gasteiger partial charge >= 0.3 is 0 Å². The first-order chi connectivity index (χ1) is 17.3. The maximum absolute atomic E-state index is 13.6. The number of nitrogens with zero attached hydrogens (tertiary/aromatic N) is 2. The number of anilines is 2. The van der Waals surface area contributed by atoms with Crippen molar-refractivity contribution in [3.05, 3.63) is 95.1 Å². The van der Waals surface area contributed by atoms with Gasteiger partial charge in [-0.3, -0.25) is 9.59 Å². The minimum Gasteiger partial charge on any atom is -0.369 e. The second-order valence-corrected chi connectivity index (χ2v) is 11.2. The van der Waals surface area contributed by atoms with Crippen LogP contribution >= 0.6 is 0 Å². The van der Waals surface area contributed by atoms with Gasteiger partial charge in [-0.05, 0) is 24.6 Å². The first-order valence-corrected chi connectivity index (χ1v) is 13.5. The lowest BCUT2D eigenvalue weighted by Crippen LogP contribution is -2.44. The van der Waals surface area contributed by atoms with Gasteiger partial charge in [-0.2, -0.15) is 0 Å². The van der Waals surface area contributed by atoms with Crippen molar-refractivity contribution in [3.63, 3.8) is 0 Å². The number of rotatable bonds is 4. The molecule has 2 N–H and O–H groups in total. The third kappa shape index (κ3) is 4.74. The number of carbonyl (C=O) groups excluding carboxylic acids is 2. The van der Waals surface area contributed by atoms with Crippen molar-refractivity contribution in [2.75, 3.05) is 34.8 Å². The molecular formula is C27H26N4O4S. The van der Waals surface area contributed by atoms with Crippen molar-refractivity contribution in [3.8, 4) is 0 Å². The van der Waals surface area contributed by atoms with E-state index in [1.54, 1.807) is 6.07 Å². The van der Waals surface area contributed by atoms with Crippen LogP contribution in [0.25, 0.3) is 0 Å². The fourth-order valence-corrected chi connectivity index (χ4v) is 5.74. The molecule has 36 heavy (non-hydrogen) atoms. The zero-order chi connectivity index (χ0) is 25.3. The number of fused-ring (bicyclic) bond motifs is 1. The van der Waals surface area contributed by atoms with Crippen molar-refractivity contribution >= 4 is 38.7 Å². The number of carbonyl (C=O) groups is 2. The van der Waals surface area contributed by atoms with Gasteiger partial charge in [0.15, 0.2) is 9.84 Å². The van der Waals surface area contributed by atoms with Gasteiger partial charge in [0.25, 0.3) is 11.8 Å². The summed E-state index contributed by atoms with van der Waals surface area (Å²) >= 11 is 0. The van der Waals surface area contributed by atoms with Crippen LogP contribution in [0.3, 0.4) is 0 Å². The monoisotopic (exact) mass is 502 g/mol. The Hall–Kier alpha value is -3.98. The van der Waals surface area contributed by atoms with Crippen LogP contribution in [0.2, 0.25) is 0 Å². The summed E-state index contributed by atoms with van der Waals surface area (Å²) < 4.78 is 23.8. The predicted molar refractivity (Wildman–Crippen MR) is 140 cm³/mol. The molecule has 1 atom stereocenters. The van der Waals surface area contributed by atoms with Crippen LogP contribution in [0.15, 0.2) is 77.8 Å². The molecule has 2 amide bonds. The fraction of sp³-hybridized carbons (Fsp3) is 0.222. The average Bonchev–Trinajstić information content (AvgIpc) is 3.00. The lowest BCUT2D eigenvalue weighted by molar-refractivity contribution is -0.117. The summed E-state index contributed by atoms with van der Waals surface area (Å²) in [6.07, 6.45) is -1.16. The van der Waals surface area contributed by atoms with E-state index in [2.05, 4.69) is 10.6 Å². The zero-order valence-electron chi connectivity index (χ0n) is 19.8. The Morgan fingerprint density at radius 1 is 0.972 bits per heavy atom. The van der Waals surface area contributed by atoms with E-state index in [1.165, 1.54) is 0 Å². The molecule has 0 aromatic heterocycles. The van der Waals surface area contributed by atoms with Crippen LogP contribution in [0.5, 0.6) is 0 Å². The Morgan fingerprint density at radius 3 is 2.42 bits per heavy atom. The average molecular weight is 503 g/mol. The predicted octanol–water partition coefficient (Wildman–Crippen LogP) is 2.78. The van der Waals surface area contributed by atoms with Crippen LogP contribution in [0.1, 0.15) is 27.0 Å². The molecule has 2 aliphatic rings. The molecule has 0 radical (unpaired) electrons. The van der Waals surface area contributed by atoms with Crippen molar-refractivity contribution in [2.45, 2.75) is 13.1 Å². The molecule has 184 valence electrons. The number of benzodiazepines with no additional fused rings is 1. The molecule has 3 aromatic carbocycles. The van der Waals surface area contributed by atoms with E-state index in [-0.39, 0.29) is 11.5 Å². The van der Waals surface area contributed by atoms with E-state index >= 15 is 0 Å². The third-order valence-electron chi connectivity index (χ3n) is 6.42. The molecule has 0 saturated carbocycles. The molecule has 0 unspecified atom stereocenters. The quantitative estimate of drug-likeness (QED) is 0.571. The van der Waals surface area contributed by atoms with Crippen LogP contribution in [0.4, 0.5) is 11.4 Å². The molecule has 9 heteroatoms. The van der Waals surface area contributed by atoms with E-state index in [9.17, 15) is 18.0 Å². The number of sulfone groups is 1. The van der Waals surface area contributed by atoms with Gasteiger partial charge in [0, 0.05) is 29.9 Å². The maximum Gasteiger partial charge on any atom is 0.269 e. The zero-order valence-corrected chi connectivity index (χ0v) is 20.6. The van der Waals surface area contributed by atoms with E-state index in [0.717, 1.165) is 16.7 Å². The molecule has 2 aliphatic heterocycles. The van der Waals surface area contributed by atoms with E-state index in [0.29, 0.717) is 35.7 Å². The van der Waals surface area contributed by atoms with Crippen LogP contribution in [-0.2, 0) is 14.6 Å². The topological polar surface area (TPSA) is 108 Å². The third-order valence-corrected chi connectivity index (χ3v) is 8.03. The molecular weight excluding hydrogens is 476 g/mol. The van der Waals surface area contributed by atoms with Gasteiger partial charge < -0.3 is 15.5 Å². The number of hydrogen-bond donors (Lipinski definition) is 2. The number of hydrogen-bond acceptors (Lipinski definition) is 6. The van der Waals surface area contributed by atoms with E-state index in [4.69, 9.17) is 4.99 Å². The van der Waals surface area contributed by atoms with Crippen molar-refractivity contribution in [1.29, 1.82) is 0 Å². The number of aliphatic imine (C=N–C) groups is 1. The van der Waals surface area contributed by atoms with Gasteiger partial charge in [0.05, 0.1) is 28.5 Å². The summed E-state index contributed by atoms with van der Waals surface area (Å²) in [7, 11) is -3.07. The Bertz CT molecular complexity index is 1450. The molecule has 0 spiro atoms. The van der Waals surface area contributed by atoms with Crippen molar-refractivity contribution in [1.82, 2.24) is 5.32 Å². The van der Waals surface area contributed by atoms with Gasteiger partial charge in [0.1, 0.15) is 0 Å². The summed E-state index contributed by atoms with van der Waals surface area (Å²) in [6.45, 7) is 2.43. The van der Waals surface area contributed by atoms with Crippen LogP contribution in [-0.4, -0.2) is 56.7 Å². The summed E-state index contributed by atoms with van der Waals surface area (Å²) in [5.74, 6) is -0.814. The molecule has 8 nitrogen and oxygen atoms in total. The number of aryl methyl sites for hydroxylation is 1. The normalized spacial score (nSPS) is 18.9. The second-order valence-electron chi connectivity index (χ2n) is 8.86. The number of nitrogens with one attached hydrogen (secondary N) is 2. The largest absolute Gasteiger partial charge is 0.369 e. The van der Waals surface area contributed by atoms with Gasteiger partial charge in [-0.15, -0.1) is 0 Å². The lowest BCUT2D eigenvalue weighted by Gasteiger charge is -2.31. The van der Waals surface area contributed by atoms with Crippen LogP contribution < -0.4 is 15.5 Å². The van der Waals surface area contributed by atoms with Gasteiger partial charge in [-0.1, -0.05) is 60.7 Å². The molecule has 1 fully saturated rings. The first-order valence-electron chi connectivity index (χ1n) is 11.7. The van der Waals surface area contributed by atoms with Gasteiger partial charge in [0.2, 0.25) is 6.17 Å². The van der Waals surface area contributed by atoms with E-state index in [1.807, 2.05) is 78.6 Å². The number of benzene rings is 3. The molecule has 5 rings (SSSR count). The van der Waals surface area contributed by atoms with Gasteiger partial charge in [-0.25, -0.2) is 13.4 Å². The number of para-hydroxylation sites is 1. The highest BCUT2D eigenvalue weighted by molar-refractivity contribution is 7.91. The maximum atomic E-state index is 13.6. The molecule has 3 aromatic rings. The molecule has 0 bridgehead atoms. The van der Waals surface area contributed by atoms with E-state index < -0.39 is 27.8 Å². The smallest absolute Gasteiger partial charge is 0.269 e. The molecule has 0 aliphatic carbocycles. The Kier molecular flexibility index (Phi) is 6.32. The Balaban J connectivity index is 1.50. The Morgan fingerprint density at radius 2 is 1.67 bits per heavy atom. The second kappa shape index (κ2) is 9.58. The van der Waals surface area contributed by atoms with Crippen molar-refractivity contribution < 1.29 is 18.0 Å². The summed E-state index contributed by atoms with van der Waals surface area (Å²) in [6, 6.07) is 22.4. The number of amides is 2. The first kappa shape index (κ1) is 23.7. The van der Waals surface area contributed by atoms with Crippen LogP contribution in [0, 0.1) is 6.92 Å². The highest BCUT2D eigenvalue weighted by Gasteiger charge is 2.30. The lowest BCUT2D eigenvalue weighted by atomic mass is 10.0. The highest BCUT2D eigenvalue weighted by Crippen LogP contribution is 2.27. The standard InChI is InChI=1S/C27H26N4O4S/c1-18-8-7-13-22(31-14-16-36(34,35)17-15-31)23(18)26(32)30-25-27(33)28-21-12-6-5-11-20(21)24(29-25)19-9-3-2-4-10-19/h2-13,25H,14-17H2,1H3,(H,28,33)(H,30,32)/t25-/m1/s1.